The summed E-state index contributed by atoms with van der Waals surface area (Å²) in [6, 6.07) is 2.00. The second-order valence-corrected chi connectivity index (χ2v) is 4.18. The van der Waals surface area contributed by atoms with Crippen LogP contribution in [0, 0.1) is 0 Å². The van der Waals surface area contributed by atoms with Gasteiger partial charge in [-0.1, -0.05) is 11.6 Å². The van der Waals surface area contributed by atoms with Gasteiger partial charge in [-0.05, 0) is 18.9 Å². The van der Waals surface area contributed by atoms with Crippen molar-refractivity contribution >= 4 is 22.9 Å². The number of rotatable bonds is 2. The highest BCUT2D eigenvalue weighted by Gasteiger charge is 2.45. The third-order valence-electron chi connectivity index (χ3n) is 2.11. The molecule has 0 aliphatic heterocycles. The minimum absolute atomic E-state index is 0.0395. The SMILES string of the molecule is COC1(c2cc(Cl)cs2)CC1. The van der Waals surface area contributed by atoms with E-state index in [4.69, 9.17) is 16.3 Å². The quantitative estimate of drug-likeness (QED) is 0.694. The first-order valence-electron chi connectivity index (χ1n) is 3.56. The Morgan fingerprint density at radius 2 is 2.36 bits per heavy atom. The van der Waals surface area contributed by atoms with Crippen molar-refractivity contribution in [2.75, 3.05) is 7.11 Å². The van der Waals surface area contributed by atoms with E-state index in [1.54, 1.807) is 18.4 Å². The zero-order valence-electron chi connectivity index (χ0n) is 6.26. The van der Waals surface area contributed by atoms with Crippen LogP contribution in [-0.2, 0) is 10.3 Å². The lowest BCUT2D eigenvalue weighted by Crippen LogP contribution is -2.05. The zero-order chi connectivity index (χ0) is 7.90. The van der Waals surface area contributed by atoms with Crippen molar-refractivity contribution in [2.45, 2.75) is 18.4 Å². The standard InChI is InChI=1S/C8H9ClOS/c1-10-8(2-3-8)7-4-6(9)5-11-7/h4-5H,2-3H2,1H3. The van der Waals surface area contributed by atoms with Crippen LogP contribution in [0.15, 0.2) is 11.4 Å². The van der Waals surface area contributed by atoms with Gasteiger partial charge in [-0.3, -0.25) is 0 Å². The molecule has 2 rings (SSSR count). The minimum Gasteiger partial charge on any atom is -0.373 e. The molecule has 0 unspecified atom stereocenters. The van der Waals surface area contributed by atoms with Crippen molar-refractivity contribution in [1.82, 2.24) is 0 Å². The molecule has 11 heavy (non-hydrogen) atoms. The van der Waals surface area contributed by atoms with Crippen molar-refractivity contribution in [1.29, 1.82) is 0 Å². The lowest BCUT2D eigenvalue weighted by Gasteiger charge is -2.09. The molecular formula is C8H9ClOS. The topological polar surface area (TPSA) is 9.23 Å². The van der Waals surface area contributed by atoms with Gasteiger partial charge in [0.15, 0.2) is 0 Å². The summed E-state index contributed by atoms with van der Waals surface area (Å²) in [6.07, 6.45) is 2.28. The molecule has 0 bridgehead atoms. The summed E-state index contributed by atoms with van der Waals surface area (Å²) in [5.41, 5.74) is 0.0395. The van der Waals surface area contributed by atoms with Crippen LogP contribution in [0.3, 0.4) is 0 Å². The molecule has 1 aromatic rings. The molecule has 1 saturated carbocycles. The summed E-state index contributed by atoms with van der Waals surface area (Å²) in [6.45, 7) is 0. The molecule has 0 radical (unpaired) electrons. The van der Waals surface area contributed by atoms with Gasteiger partial charge >= 0.3 is 0 Å². The third-order valence-corrected chi connectivity index (χ3v) is 3.57. The summed E-state index contributed by atoms with van der Waals surface area (Å²) in [5, 5.41) is 2.78. The number of ether oxygens (including phenoxy) is 1. The second kappa shape index (κ2) is 2.47. The molecular weight excluding hydrogens is 180 g/mol. The summed E-state index contributed by atoms with van der Waals surface area (Å²) in [7, 11) is 1.76. The van der Waals surface area contributed by atoms with Gasteiger partial charge in [-0.2, -0.15) is 0 Å². The van der Waals surface area contributed by atoms with Crippen molar-refractivity contribution in [3.8, 4) is 0 Å². The Hall–Kier alpha value is -0.0500. The third kappa shape index (κ3) is 1.19. The van der Waals surface area contributed by atoms with Gasteiger partial charge in [0.1, 0.15) is 5.60 Å². The number of halogens is 1. The van der Waals surface area contributed by atoms with Crippen molar-refractivity contribution in [3.63, 3.8) is 0 Å². The monoisotopic (exact) mass is 188 g/mol. The van der Waals surface area contributed by atoms with Crippen LogP contribution in [0.25, 0.3) is 0 Å². The fourth-order valence-electron chi connectivity index (χ4n) is 1.22. The molecule has 60 valence electrons. The fraction of sp³-hybridized carbons (Fsp3) is 0.500. The van der Waals surface area contributed by atoms with Crippen molar-refractivity contribution in [3.05, 3.63) is 21.3 Å². The van der Waals surface area contributed by atoms with Crippen molar-refractivity contribution < 1.29 is 4.74 Å². The molecule has 0 aromatic carbocycles. The Labute approximate surface area is 74.9 Å². The minimum atomic E-state index is 0.0395. The van der Waals surface area contributed by atoms with E-state index >= 15 is 0 Å². The number of hydrogen-bond acceptors (Lipinski definition) is 2. The van der Waals surface area contributed by atoms with Gasteiger partial charge in [0, 0.05) is 17.4 Å². The van der Waals surface area contributed by atoms with E-state index in [1.807, 2.05) is 11.4 Å². The molecule has 0 spiro atoms. The Morgan fingerprint density at radius 3 is 2.73 bits per heavy atom. The highest BCUT2D eigenvalue weighted by Crippen LogP contribution is 2.51. The number of methoxy groups -OCH3 is 1. The van der Waals surface area contributed by atoms with E-state index in [0.717, 1.165) is 17.9 Å². The van der Waals surface area contributed by atoms with E-state index in [1.165, 1.54) is 4.88 Å². The Balaban J connectivity index is 2.29. The maximum atomic E-state index is 5.81. The maximum absolute atomic E-state index is 5.81. The van der Waals surface area contributed by atoms with E-state index < -0.39 is 0 Å². The smallest absolute Gasteiger partial charge is 0.102 e. The molecule has 0 atom stereocenters. The normalized spacial score (nSPS) is 20.2. The van der Waals surface area contributed by atoms with Gasteiger partial charge < -0.3 is 4.74 Å². The van der Waals surface area contributed by atoms with Gasteiger partial charge in [-0.25, -0.2) is 0 Å². The molecule has 1 heterocycles. The predicted octanol–water partition coefficient (Wildman–Crippen LogP) is 3.04. The Bertz CT molecular complexity index is 265. The van der Waals surface area contributed by atoms with Crippen LogP contribution < -0.4 is 0 Å². The van der Waals surface area contributed by atoms with Gasteiger partial charge in [-0.15, -0.1) is 11.3 Å². The van der Waals surface area contributed by atoms with Gasteiger partial charge in [0.25, 0.3) is 0 Å². The summed E-state index contributed by atoms with van der Waals surface area (Å²) in [4.78, 5) is 1.27. The molecule has 0 amide bonds. The molecule has 1 nitrogen and oxygen atoms in total. The van der Waals surface area contributed by atoms with Gasteiger partial charge in [0.2, 0.25) is 0 Å². The molecule has 1 aliphatic carbocycles. The largest absolute Gasteiger partial charge is 0.373 e. The number of thiophene rings is 1. The zero-order valence-corrected chi connectivity index (χ0v) is 7.84. The van der Waals surface area contributed by atoms with E-state index in [0.29, 0.717) is 0 Å². The van der Waals surface area contributed by atoms with Crippen LogP contribution in [0.2, 0.25) is 5.02 Å². The molecule has 0 N–H and O–H groups in total. The first-order chi connectivity index (χ1) is 5.27. The molecule has 1 aromatic heterocycles. The van der Waals surface area contributed by atoms with Crippen LogP contribution in [0.4, 0.5) is 0 Å². The van der Waals surface area contributed by atoms with Crippen LogP contribution >= 0.6 is 22.9 Å². The summed E-state index contributed by atoms with van der Waals surface area (Å²) < 4.78 is 5.40. The second-order valence-electron chi connectivity index (χ2n) is 2.83. The van der Waals surface area contributed by atoms with Crippen LogP contribution in [-0.4, -0.2) is 7.11 Å². The van der Waals surface area contributed by atoms with E-state index in [2.05, 4.69) is 0 Å². The van der Waals surface area contributed by atoms with Crippen LogP contribution in [0.5, 0.6) is 0 Å². The lowest BCUT2D eigenvalue weighted by atomic mass is 10.3. The molecule has 0 saturated heterocycles. The molecule has 1 aliphatic rings. The highest BCUT2D eigenvalue weighted by atomic mass is 35.5. The van der Waals surface area contributed by atoms with Gasteiger partial charge in [0.05, 0.1) is 5.02 Å². The average molecular weight is 189 g/mol. The average Bonchev–Trinajstić information content (AvgIpc) is 2.70. The summed E-state index contributed by atoms with van der Waals surface area (Å²) >= 11 is 7.49. The first kappa shape index (κ1) is 7.59. The molecule has 1 fully saturated rings. The Morgan fingerprint density at radius 1 is 1.64 bits per heavy atom. The first-order valence-corrected chi connectivity index (χ1v) is 4.82. The summed E-state index contributed by atoms with van der Waals surface area (Å²) in [5.74, 6) is 0. The predicted molar refractivity (Wildman–Crippen MR) is 47.3 cm³/mol. The Kier molecular flexibility index (Phi) is 1.71. The fourth-order valence-corrected chi connectivity index (χ4v) is 2.53. The van der Waals surface area contributed by atoms with E-state index in [-0.39, 0.29) is 5.60 Å². The maximum Gasteiger partial charge on any atom is 0.102 e. The van der Waals surface area contributed by atoms with E-state index in [9.17, 15) is 0 Å². The van der Waals surface area contributed by atoms with Crippen molar-refractivity contribution in [2.24, 2.45) is 0 Å². The highest BCUT2D eigenvalue weighted by molar-refractivity contribution is 7.10. The lowest BCUT2D eigenvalue weighted by molar-refractivity contribution is 0.0820. The van der Waals surface area contributed by atoms with Crippen LogP contribution in [0.1, 0.15) is 17.7 Å². The molecule has 3 heteroatoms. The number of hydrogen-bond donors (Lipinski definition) is 0.